The number of piperidine rings is 1. The van der Waals surface area contributed by atoms with E-state index in [2.05, 4.69) is 0 Å². The van der Waals surface area contributed by atoms with Gasteiger partial charge in [-0.3, -0.25) is 4.79 Å². The topological polar surface area (TPSA) is 55.6 Å². The molecule has 1 aliphatic heterocycles. The van der Waals surface area contributed by atoms with E-state index in [1.54, 1.807) is 17.9 Å². The molecule has 1 aromatic rings. The second-order valence-corrected chi connectivity index (χ2v) is 5.20. The average molecular weight is 280 g/mol. The van der Waals surface area contributed by atoms with Gasteiger partial charge in [-0.25, -0.2) is 4.39 Å². The first-order chi connectivity index (χ1) is 9.58. The molecule has 2 rings (SSSR count). The van der Waals surface area contributed by atoms with Crippen molar-refractivity contribution in [3.05, 3.63) is 29.6 Å². The zero-order chi connectivity index (χ0) is 14.5. The molecule has 1 saturated heterocycles. The number of halogens is 1. The Balaban J connectivity index is 1.99. The van der Waals surface area contributed by atoms with Crippen molar-refractivity contribution in [2.45, 2.75) is 32.2 Å². The molecule has 20 heavy (non-hydrogen) atoms. The van der Waals surface area contributed by atoms with Crippen LogP contribution < -0.4 is 10.5 Å². The number of nitrogens with two attached hydrogens (primary N) is 1. The van der Waals surface area contributed by atoms with Crippen molar-refractivity contribution in [3.8, 4) is 5.75 Å². The summed E-state index contributed by atoms with van der Waals surface area (Å²) in [5, 5.41) is 0. The summed E-state index contributed by atoms with van der Waals surface area (Å²) in [5.74, 6) is -0.0928. The summed E-state index contributed by atoms with van der Waals surface area (Å²) in [6.45, 7) is 3.30. The highest BCUT2D eigenvalue weighted by molar-refractivity contribution is 5.77. The van der Waals surface area contributed by atoms with Crippen molar-refractivity contribution in [3.63, 3.8) is 0 Å². The number of ether oxygens (including phenoxy) is 1. The van der Waals surface area contributed by atoms with Gasteiger partial charge in [0.2, 0.25) is 0 Å². The van der Waals surface area contributed by atoms with E-state index >= 15 is 0 Å². The zero-order valence-corrected chi connectivity index (χ0v) is 11.8. The van der Waals surface area contributed by atoms with Crippen LogP contribution in [0.2, 0.25) is 0 Å². The fourth-order valence-electron chi connectivity index (χ4n) is 2.38. The molecular weight excluding hydrogens is 259 g/mol. The second kappa shape index (κ2) is 6.70. The molecule has 5 heteroatoms. The first kappa shape index (κ1) is 14.8. The molecule has 1 atom stereocenters. The van der Waals surface area contributed by atoms with Gasteiger partial charge in [0.15, 0.2) is 6.61 Å². The van der Waals surface area contributed by atoms with Gasteiger partial charge < -0.3 is 15.4 Å². The molecular formula is C15H21FN2O2. The molecule has 1 aliphatic rings. The Bertz CT molecular complexity index is 471. The van der Waals surface area contributed by atoms with Crippen LogP contribution in [0, 0.1) is 5.82 Å². The fraction of sp³-hybridized carbons (Fsp3) is 0.533. The summed E-state index contributed by atoms with van der Waals surface area (Å²) >= 11 is 0. The fourth-order valence-corrected chi connectivity index (χ4v) is 2.38. The normalized spacial score (nSPS) is 16.9. The van der Waals surface area contributed by atoms with E-state index < -0.39 is 5.82 Å². The lowest BCUT2D eigenvalue weighted by Crippen LogP contribution is -2.38. The van der Waals surface area contributed by atoms with Crippen molar-refractivity contribution >= 4 is 5.91 Å². The number of likely N-dealkylation sites (tertiary alicyclic amines) is 1. The van der Waals surface area contributed by atoms with Crippen molar-refractivity contribution in [2.24, 2.45) is 5.73 Å². The lowest BCUT2D eigenvalue weighted by atomic mass is 10.1. The minimum Gasteiger partial charge on any atom is -0.483 e. The lowest BCUT2D eigenvalue weighted by molar-refractivity contribution is -0.134. The Hall–Kier alpha value is -1.62. The van der Waals surface area contributed by atoms with Crippen LogP contribution in [-0.2, 0) is 4.79 Å². The quantitative estimate of drug-likeness (QED) is 0.920. The number of rotatable bonds is 4. The SMILES string of the molecule is C[C@H](N)c1ccc(F)cc1OCC(=O)N1CCCCC1. The molecule has 0 bridgehead atoms. The molecule has 0 saturated carbocycles. The van der Waals surface area contributed by atoms with Crippen LogP contribution in [-0.4, -0.2) is 30.5 Å². The molecule has 1 heterocycles. The molecule has 0 aromatic heterocycles. The predicted octanol–water partition coefficient (Wildman–Crippen LogP) is 2.24. The monoisotopic (exact) mass is 280 g/mol. The van der Waals surface area contributed by atoms with Crippen molar-refractivity contribution in [1.29, 1.82) is 0 Å². The third kappa shape index (κ3) is 3.70. The van der Waals surface area contributed by atoms with Crippen LogP contribution in [0.25, 0.3) is 0 Å². The summed E-state index contributed by atoms with van der Waals surface area (Å²) in [6, 6.07) is 3.96. The first-order valence-electron chi connectivity index (χ1n) is 7.03. The Kier molecular flexibility index (Phi) is 4.95. The summed E-state index contributed by atoms with van der Waals surface area (Å²) in [5.41, 5.74) is 6.52. The van der Waals surface area contributed by atoms with Crippen LogP contribution in [0.5, 0.6) is 5.75 Å². The van der Waals surface area contributed by atoms with E-state index in [-0.39, 0.29) is 18.6 Å². The Labute approximate surface area is 118 Å². The third-order valence-corrected chi connectivity index (χ3v) is 3.53. The number of hydrogen-bond donors (Lipinski definition) is 1. The number of nitrogens with zero attached hydrogens (tertiary/aromatic N) is 1. The maximum Gasteiger partial charge on any atom is 0.260 e. The van der Waals surface area contributed by atoms with Crippen molar-refractivity contribution in [1.82, 2.24) is 4.90 Å². The van der Waals surface area contributed by atoms with Crippen LogP contribution in [0.4, 0.5) is 4.39 Å². The Morgan fingerprint density at radius 2 is 2.10 bits per heavy atom. The molecule has 1 aromatic carbocycles. The number of benzene rings is 1. The highest BCUT2D eigenvalue weighted by atomic mass is 19.1. The summed E-state index contributed by atoms with van der Waals surface area (Å²) < 4.78 is 18.8. The van der Waals surface area contributed by atoms with E-state index in [0.717, 1.165) is 25.9 Å². The number of amides is 1. The molecule has 0 unspecified atom stereocenters. The highest BCUT2D eigenvalue weighted by Gasteiger charge is 2.18. The third-order valence-electron chi connectivity index (χ3n) is 3.53. The van der Waals surface area contributed by atoms with Gasteiger partial charge in [0.1, 0.15) is 11.6 Å². The van der Waals surface area contributed by atoms with E-state index in [4.69, 9.17) is 10.5 Å². The summed E-state index contributed by atoms with van der Waals surface area (Å²) in [7, 11) is 0. The molecule has 1 amide bonds. The summed E-state index contributed by atoms with van der Waals surface area (Å²) in [4.78, 5) is 13.8. The summed E-state index contributed by atoms with van der Waals surface area (Å²) in [6.07, 6.45) is 3.25. The predicted molar refractivity (Wildman–Crippen MR) is 74.9 cm³/mol. The molecule has 0 radical (unpaired) electrons. The lowest BCUT2D eigenvalue weighted by Gasteiger charge is -2.26. The molecule has 110 valence electrons. The number of hydrogen-bond acceptors (Lipinski definition) is 3. The highest BCUT2D eigenvalue weighted by Crippen LogP contribution is 2.25. The second-order valence-electron chi connectivity index (χ2n) is 5.20. The van der Waals surface area contributed by atoms with Crippen LogP contribution >= 0.6 is 0 Å². The van der Waals surface area contributed by atoms with Crippen molar-refractivity contribution < 1.29 is 13.9 Å². The van der Waals surface area contributed by atoms with Crippen LogP contribution in [0.3, 0.4) is 0 Å². The van der Waals surface area contributed by atoms with Gasteiger partial charge in [-0.1, -0.05) is 6.07 Å². The van der Waals surface area contributed by atoms with Gasteiger partial charge >= 0.3 is 0 Å². The maximum absolute atomic E-state index is 13.3. The smallest absolute Gasteiger partial charge is 0.260 e. The molecule has 0 aliphatic carbocycles. The van der Waals surface area contributed by atoms with E-state index in [9.17, 15) is 9.18 Å². The minimum atomic E-state index is -0.394. The van der Waals surface area contributed by atoms with Crippen molar-refractivity contribution in [2.75, 3.05) is 19.7 Å². The largest absolute Gasteiger partial charge is 0.483 e. The maximum atomic E-state index is 13.3. The number of carbonyl (C=O) groups is 1. The van der Waals surface area contributed by atoms with Crippen LogP contribution in [0.15, 0.2) is 18.2 Å². The molecule has 4 nitrogen and oxygen atoms in total. The van der Waals surface area contributed by atoms with E-state index in [0.29, 0.717) is 11.3 Å². The Morgan fingerprint density at radius 1 is 1.40 bits per heavy atom. The molecule has 0 spiro atoms. The van der Waals surface area contributed by atoms with Crippen LogP contribution in [0.1, 0.15) is 37.8 Å². The van der Waals surface area contributed by atoms with E-state index in [1.807, 2.05) is 0 Å². The Morgan fingerprint density at radius 3 is 2.75 bits per heavy atom. The number of carbonyl (C=O) groups excluding carboxylic acids is 1. The molecule has 1 fully saturated rings. The standard InChI is InChI=1S/C15H21FN2O2/c1-11(17)13-6-5-12(16)9-14(13)20-10-15(19)18-7-3-2-4-8-18/h5-6,9,11H,2-4,7-8,10,17H2,1H3/t11-/m0/s1. The average Bonchev–Trinajstić information content (AvgIpc) is 2.45. The van der Waals surface area contributed by atoms with Gasteiger partial charge in [0, 0.05) is 30.8 Å². The van der Waals surface area contributed by atoms with Gasteiger partial charge in [0.25, 0.3) is 5.91 Å². The van der Waals surface area contributed by atoms with E-state index in [1.165, 1.54) is 18.6 Å². The van der Waals surface area contributed by atoms with Gasteiger partial charge in [0.05, 0.1) is 0 Å². The van der Waals surface area contributed by atoms with Gasteiger partial charge in [-0.15, -0.1) is 0 Å². The minimum absolute atomic E-state index is 0.0513. The van der Waals surface area contributed by atoms with Gasteiger partial charge in [-0.05, 0) is 32.3 Å². The molecule has 2 N–H and O–H groups in total. The zero-order valence-electron chi connectivity index (χ0n) is 11.8. The first-order valence-corrected chi connectivity index (χ1v) is 7.03. The van der Waals surface area contributed by atoms with Gasteiger partial charge in [-0.2, -0.15) is 0 Å².